The zero-order chi connectivity index (χ0) is 20.7. The lowest BCUT2D eigenvalue weighted by Gasteiger charge is -2.25. The summed E-state index contributed by atoms with van der Waals surface area (Å²) < 4.78 is 54.2. The van der Waals surface area contributed by atoms with Crippen LogP contribution < -0.4 is 5.32 Å². The number of hydrogen-bond donors (Lipinski definition) is 1. The van der Waals surface area contributed by atoms with Gasteiger partial charge < -0.3 is 19.5 Å². The quantitative estimate of drug-likeness (QED) is 0.508. The van der Waals surface area contributed by atoms with Crippen molar-refractivity contribution >= 4 is 5.97 Å². The standard InChI is InChI=1S/C19H28F3NO4/c1-6-26-17(25-5)12-23-15(11-16(24)27-18(2,3)4)13-7-9-14(10-8-13)19(20,21)22/h7-10,15,17,23H,6,11-12H2,1-5H3. The average molecular weight is 391 g/mol. The van der Waals surface area contributed by atoms with Crippen molar-refractivity contribution in [1.29, 1.82) is 0 Å². The Morgan fingerprint density at radius 3 is 2.19 bits per heavy atom. The zero-order valence-corrected chi connectivity index (χ0v) is 16.4. The van der Waals surface area contributed by atoms with Gasteiger partial charge in [-0.25, -0.2) is 0 Å². The first-order chi connectivity index (χ1) is 12.5. The summed E-state index contributed by atoms with van der Waals surface area (Å²) in [4.78, 5) is 12.2. The van der Waals surface area contributed by atoms with Crippen molar-refractivity contribution in [2.24, 2.45) is 0 Å². The van der Waals surface area contributed by atoms with Gasteiger partial charge in [0.05, 0.1) is 12.0 Å². The van der Waals surface area contributed by atoms with E-state index in [1.54, 1.807) is 20.8 Å². The van der Waals surface area contributed by atoms with Crippen LogP contribution in [0.5, 0.6) is 0 Å². The van der Waals surface area contributed by atoms with E-state index in [-0.39, 0.29) is 13.0 Å². The van der Waals surface area contributed by atoms with Crippen LogP contribution in [0, 0.1) is 0 Å². The smallest absolute Gasteiger partial charge is 0.416 e. The molecule has 0 heterocycles. The first-order valence-electron chi connectivity index (χ1n) is 8.73. The highest BCUT2D eigenvalue weighted by Crippen LogP contribution is 2.30. The minimum absolute atomic E-state index is 0.0365. The zero-order valence-electron chi connectivity index (χ0n) is 16.4. The number of nitrogens with one attached hydrogen (secondary N) is 1. The first kappa shape index (κ1) is 23.4. The second-order valence-electron chi connectivity index (χ2n) is 6.99. The minimum Gasteiger partial charge on any atom is -0.460 e. The molecular weight excluding hydrogens is 363 g/mol. The van der Waals surface area contributed by atoms with Crippen molar-refractivity contribution in [3.05, 3.63) is 35.4 Å². The molecule has 0 saturated heterocycles. The lowest BCUT2D eigenvalue weighted by Crippen LogP contribution is -2.35. The van der Waals surface area contributed by atoms with Gasteiger partial charge in [-0.05, 0) is 45.4 Å². The van der Waals surface area contributed by atoms with Gasteiger partial charge in [0, 0.05) is 26.3 Å². The van der Waals surface area contributed by atoms with Crippen LogP contribution in [-0.4, -0.2) is 38.1 Å². The van der Waals surface area contributed by atoms with E-state index in [4.69, 9.17) is 14.2 Å². The predicted octanol–water partition coefficient (Wildman–Crippen LogP) is 4.08. The monoisotopic (exact) mass is 391 g/mol. The van der Waals surface area contributed by atoms with E-state index in [1.807, 2.05) is 6.92 Å². The molecule has 2 unspecified atom stereocenters. The van der Waals surface area contributed by atoms with Gasteiger partial charge in [0.15, 0.2) is 6.29 Å². The molecular formula is C19H28F3NO4. The highest BCUT2D eigenvalue weighted by atomic mass is 19.4. The van der Waals surface area contributed by atoms with Crippen LogP contribution in [-0.2, 0) is 25.2 Å². The van der Waals surface area contributed by atoms with Crippen molar-refractivity contribution in [1.82, 2.24) is 5.32 Å². The summed E-state index contributed by atoms with van der Waals surface area (Å²) >= 11 is 0. The fourth-order valence-electron chi connectivity index (χ4n) is 2.40. The Balaban J connectivity index is 2.93. The summed E-state index contributed by atoms with van der Waals surface area (Å²) in [7, 11) is 1.49. The molecule has 1 N–H and O–H groups in total. The van der Waals surface area contributed by atoms with E-state index in [0.717, 1.165) is 12.1 Å². The number of rotatable bonds is 9. The molecule has 0 aliphatic carbocycles. The van der Waals surface area contributed by atoms with Crippen molar-refractivity contribution in [2.45, 2.75) is 58.2 Å². The molecule has 0 bridgehead atoms. The van der Waals surface area contributed by atoms with Crippen LogP contribution in [0.25, 0.3) is 0 Å². The lowest BCUT2D eigenvalue weighted by atomic mass is 10.0. The number of halogens is 3. The van der Waals surface area contributed by atoms with Gasteiger partial charge in [-0.1, -0.05) is 12.1 Å². The van der Waals surface area contributed by atoms with Gasteiger partial charge in [0.2, 0.25) is 0 Å². The van der Waals surface area contributed by atoms with Crippen LogP contribution >= 0.6 is 0 Å². The molecule has 154 valence electrons. The van der Waals surface area contributed by atoms with Gasteiger partial charge in [-0.15, -0.1) is 0 Å². The summed E-state index contributed by atoms with van der Waals surface area (Å²) in [6, 6.07) is 4.16. The number of ether oxygens (including phenoxy) is 3. The van der Waals surface area contributed by atoms with Crippen molar-refractivity contribution in [2.75, 3.05) is 20.3 Å². The highest BCUT2D eigenvalue weighted by Gasteiger charge is 2.30. The maximum absolute atomic E-state index is 12.8. The van der Waals surface area contributed by atoms with Crippen LogP contribution in [0.15, 0.2) is 24.3 Å². The molecule has 0 aliphatic rings. The van der Waals surface area contributed by atoms with Crippen molar-refractivity contribution in [3.63, 3.8) is 0 Å². The fraction of sp³-hybridized carbons (Fsp3) is 0.632. The van der Waals surface area contributed by atoms with E-state index < -0.39 is 35.6 Å². The molecule has 1 aromatic rings. The van der Waals surface area contributed by atoms with Gasteiger partial charge in [0.25, 0.3) is 0 Å². The highest BCUT2D eigenvalue weighted by molar-refractivity contribution is 5.71. The minimum atomic E-state index is -4.41. The second kappa shape index (κ2) is 10.1. The predicted molar refractivity (Wildman–Crippen MR) is 95.1 cm³/mol. The molecule has 0 saturated carbocycles. The van der Waals surface area contributed by atoms with Crippen LogP contribution in [0.1, 0.15) is 51.3 Å². The molecule has 27 heavy (non-hydrogen) atoms. The fourth-order valence-corrected chi connectivity index (χ4v) is 2.40. The third-order valence-electron chi connectivity index (χ3n) is 3.58. The topological polar surface area (TPSA) is 56.8 Å². The summed E-state index contributed by atoms with van der Waals surface area (Å²) in [5, 5.41) is 3.11. The summed E-state index contributed by atoms with van der Waals surface area (Å²) in [5.41, 5.74) is -0.853. The molecule has 1 aromatic carbocycles. The average Bonchev–Trinajstić information content (AvgIpc) is 2.55. The van der Waals surface area contributed by atoms with Crippen LogP contribution in [0.2, 0.25) is 0 Å². The van der Waals surface area contributed by atoms with E-state index >= 15 is 0 Å². The SMILES string of the molecule is CCOC(CNC(CC(=O)OC(C)(C)C)c1ccc(C(F)(F)F)cc1)OC. The number of benzene rings is 1. The number of carbonyl (C=O) groups is 1. The number of methoxy groups -OCH3 is 1. The van der Waals surface area contributed by atoms with Crippen molar-refractivity contribution in [3.8, 4) is 0 Å². The van der Waals surface area contributed by atoms with E-state index in [9.17, 15) is 18.0 Å². The molecule has 0 amide bonds. The Kier molecular flexibility index (Phi) is 8.71. The molecule has 8 heteroatoms. The van der Waals surface area contributed by atoms with Gasteiger partial charge in [-0.2, -0.15) is 13.2 Å². The number of esters is 1. The Bertz CT molecular complexity index is 582. The Hall–Kier alpha value is -1.64. The van der Waals surface area contributed by atoms with E-state index in [1.165, 1.54) is 19.2 Å². The van der Waals surface area contributed by atoms with E-state index in [0.29, 0.717) is 12.2 Å². The molecule has 5 nitrogen and oxygen atoms in total. The van der Waals surface area contributed by atoms with Crippen molar-refractivity contribution < 1.29 is 32.2 Å². The summed E-state index contributed by atoms with van der Waals surface area (Å²) in [6.45, 7) is 7.78. The third kappa shape index (κ3) is 8.73. The van der Waals surface area contributed by atoms with Gasteiger partial charge in [0.1, 0.15) is 5.60 Å². The van der Waals surface area contributed by atoms with E-state index in [2.05, 4.69) is 5.32 Å². The molecule has 0 spiro atoms. The maximum Gasteiger partial charge on any atom is 0.416 e. The van der Waals surface area contributed by atoms with Crippen LogP contribution in [0.4, 0.5) is 13.2 Å². The normalized spacial score (nSPS) is 14.7. The third-order valence-corrected chi connectivity index (χ3v) is 3.58. The Labute approximate surface area is 158 Å². The Morgan fingerprint density at radius 1 is 1.15 bits per heavy atom. The molecule has 1 rings (SSSR count). The number of alkyl halides is 3. The summed E-state index contributed by atoms with van der Waals surface area (Å²) in [5.74, 6) is -0.453. The number of hydrogen-bond acceptors (Lipinski definition) is 5. The lowest BCUT2D eigenvalue weighted by molar-refractivity contribution is -0.156. The number of carbonyl (C=O) groups excluding carboxylic acids is 1. The van der Waals surface area contributed by atoms with Gasteiger partial charge >= 0.3 is 12.1 Å². The Morgan fingerprint density at radius 2 is 1.74 bits per heavy atom. The second-order valence-corrected chi connectivity index (χ2v) is 6.99. The van der Waals surface area contributed by atoms with Gasteiger partial charge in [-0.3, -0.25) is 4.79 Å². The van der Waals surface area contributed by atoms with Crippen LogP contribution in [0.3, 0.4) is 0 Å². The molecule has 0 aliphatic heterocycles. The molecule has 0 fully saturated rings. The maximum atomic E-state index is 12.8. The molecule has 2 atom stereocenters. The molecule has 0 aromatic heterocycles. The summed E-state index contributed by atoms with van der Waals surface area (Å²) in [6.07, 6.45) is -4.99. The first-order valence-corrected chi connectivity index (χ1v) is 8.73. The molecule has 0 radical (unpaired) electrons. The largest absolute Gasteiger partial charge is 0.460 e.